The fraction of sp³-hybridized carbons (Fsp3) is 0.0833. The number of carbonyl (C=O) groups excluding carboxylic acids is 1. The largest absolute Gasteiger partial charge is 0.422 e. The molecule has 1 aromatic heterocycles. The van der Waals surface area contributed by atoms with Gasteiger partial charge in [-0.1, -0.05) is 65.1 Å². The van der Waals surface area contributed by atoms with E-state index >= 15 is 0 Å². The van der Waals surface area contributed by atoms with Crippen LogP contribution in [0, 0.1) is 0 Å². The summed E-state index contributed by atoms with van der Waals surface area (Å²) in [6.45, 7) is 0. The molecule has 1 N–H and O–H groups in total. The molecule has 0 radical (unpaired) electrons. The van der Waals surface area contributed by atoms with E-state index in [4.69, 9.17) is 39.2 Å². The summed E-state index contributed by atoms with van der Waals surface area (Å²) in [5.41, 5.74) is -1.35. The number of carbonyl (C=O) groups is 1. The van der Waals surface area contributed by atoms with Crippen LogP contribution in [0.4, 0.5) is 18.9 Å². The third-order valence-electron chi connectivity index (χ3n) is 5.00. The molecule has 174 valence electrons. The molecule has 0 aliphatic rings. The third-order valence-corrected chi connectivity index (χ3v) is 5.96. The minimum atomic E-state index is -4.75. The zero-order valence-electron chi connectivity index (χ0n) is 17.0. The molecule has 0 saturated carbocycles. The van der Waals surface area contributed by atoms with Crippen LogP contribution in [-0.4, -0.2) is 5.91 Å². The maximum absolute atomic E-state index is 13.4. The molecule has 0 aliphatic heterocycles. The molecule has 10 heteroatoms. The summed E-state index contributed by atoms with van der Waals surface area (Å²) in [5, 5.41) is 2.88. The normalized spacial score (nSPS) is 11.6. The topological polar surface area (TPSA) is 59.3 Å². The number of rotatable bonds is 4. The van der Waals surface area contributed by atoms with Gasteiger partial charge in [-0.3, -0.25) is 4.79 Å². The Bertz CT molecular complexity index is 1470. The first-order chi connectivity index (χ1) is 16.0. The molecule has 4 aromatic rings. The highest BCUT2D eigenvalue weighted by Crippen LogP contribution is 2.38. The van der Waals surface area contributed by atoms with Gasteiger partial charge >= 0.3 is 11.8 Å². The molecule has 0 bridgehead atoms. The Labute approximate surface area is 205 Å². The number of amides is 1. The highest BCUT2D eigenvalue weighted by Gasteiger charge is 2.34. The maximum atomic E-state index is 13.4. The second kappa shape index (κ2) is 9.33. The fourth-order valence-corrected chi connectivity index (χ4v) is 4.03. The van der Waals surface area contributed by atoms with Gasteiger partial charge in [-0.2, -0.15) is 13.2 Å². The number of hydrogen-bond donors (Lipinski definition) is 1. The number of benzene rings is 3. The van der Waals surface area contributed by atoms with Gasteiger partial charge in [-0.15, -0.1) is 0 Å². The van der Waals surface area contributed by atoms with Crippen LogP contribution in [0.1, 0.15) is 11.1 Å². The first kappa shape index (κ1) is 24.1. The van der Waals surface area contributed by atoms with Gasteiger partial charge < -0.3 is 9.73 Å². The van der Waals surface area contributed by atoms with Crippen LogP contribution in [0.2, 0.25) is 15.1 Å². The predicted molar refractivity (Wildman–Crippen MR) is 127 cm³/mol. The summed E-state index contributed by atoms with van der Waals surface area (Å²) >= 11 is 17.9. The summed E-state index contributed by atoms with van der Waals surface area (Å²) in [6.07, 6.45) is -5.30. The van der Waals surface area contributed by atoms with E-state index in [1.165, 1.54) is 18.2 Å². The van der Waals surface area contributed by atoms with Gasteiger partial charge in [-0.05, 0) is 29.8 Å². The van der Waals surface area contributed by atoms with Gasteiger partial charge in [0.2, 0.25) is 5.91 Å². The van der Waals surface area contributed by atoms with Crippen molar-refractivity contribution in [3.8, 4) is 11.1 Å². The van der Waals surface area contributed by atoms with Crippen molar-refractivity contribution in [2.75, 3.05) is 5.32 Å². The monoisotopic (exact) mass is 525 g/mol. The Morgan fingerprint density at radius 1 is 0.941 bits per heavy atom. The predicted octanol–water partition coefficient (Wildman–Crippen LogP) is 7.62. The molecule has 0 saturated heterocycles. The van der Waals surface area contributed by atoms with Crippen molar-refractivity contribution in [1.29, 1.82) is 0 Å². The number of alkyl halides is 3. The molecule has 0 unspecified atom stereocenters. The van der Waals surface area contributed by atoms with Crippen molar-refractivity contribution in [1.82, 2.24) is 0 Å². The molecule has 0 aliphatic carbocycles. The second-order valence-corrected chi connectivity index (χ2v) is 8.54. The van der Waals surface area contributed by atoms with Crippen molar-refractivity contribution >= 4 is 57.4 Å². The van der Waals surface area contributed by atoms with Crippen LogP contribution in [0.25, 0.3) is 22.1 Å². The van der Waals surface area contributed by atoms with Crippen molar-refractivity contribution in [2.45, 2.75) is 12.6 Å². The first-order valence-corrected chi connectivity index (χ1v) is 10.8. The highest BCUT2D eigenvalue weighted by molar-refractivity contribution is 6.42. The standard InChI is InChI=1S/C24H13Cl3F3NO3/c25-13-6-7-19(16(8-13)24(28,29)30)31-21(32)10-15-22(12-4-2-1-3-5-12)14-9-17(26)18(27)11-20(14)34-23(15)33/h1-9,11H,10H2,(H,31,32). The van der Waals surface area contributed by atoms with Crippen LogP contribution >= 0.6 is 34.8 Å². The van der Waals surface area contributed by atoms with Gasteiger partial charge in [-0.25, -0.2) is 4.79 Å². The van der Waals surface area contributed by atoms with E-state index in [-0.39, 0.29) is 26.2 Å². The summed E-state index contributed by atoms with van der Waals surface area (Å²) in [4.78, 5) is 25.7. The molecule has 4 nitrogen and oxygen atoms in total. The summed E-state index contributed by atoms with van der Waals surface area (Å²) in [5.74, 6) is -0.850. The lowest BCUT2D eigenvalue weighted by Crippen LogP contribution is -2.22. The number of nitrogens with one attached hydrogen (secondary N) is 1. The van der Waals surface area contributed by atoms with E-state index in [1.807, 2.05) is 0 Å². The molecule has 0 spiro atoms. The van der Waals surface area contributed by atoms with Gasteiger partial charge in [0.1, 0.15) is 5.58 Å². The molecule has 3 aromatic carbocycles. The number of anilines is 1. The average Bonchev–Trinajstić information content (AvgIpc) is 2.77. The minimum absolute atomic E-state index is 0.0443. The molecule has 4 rings (SSSR count). The molecule has 0 atom stereocenters. The van der Waals surface area contributed by atoms with E-state index in [2.05, 4.69) is 5.32 Å². The lowest BCUT2D eigenvalue weighted by atomic mass is 9.95. The first-order valence-electron chi connectivity index (χ1n) is 9.71. The van der Waals surface area contributed by atoms with Crippen molar-refractivity contribution in [2.24, 2.45) is 0 Å². The molecular formula is C24H13Cl3F3NO3. The van der Waals surface area contributed by atoms with E-state index in [0.717, 1.165) is 6.07 Å². The van der Waals surface area contributed by atoms with Crippen LogP contribution < -0.4 is 10.9 Å². The van der Waals surface area contributed by atoms with E-state index in [0.29, 0.717) is 22.6 Å². The minimum Gasteiger partial charge on any atom is -0.422 e. The van der Waals surface area contributed by atoms with Crippen molar-refractivity contribution < 1.29 is 22.4 Å². The number of halogens is 6. The van der Waals surface area contributed by atoms with Gasteiger partial charge in [0, 0.05) is 22.0 Å². The molecular weight excluding hydrogens is 514 g/mol. The molecule has 1 amide bonds. The van der Waals surface area contributed by atoms with Crippen molar-refractivity contribution in [3.05, 3.63) is 97.3 Å². The number of fused-ring (bicyclic) bond motifs is 1. The van der Waals surface area contributed by atoms with Gasteiger partial charge in [0.15, 0.2) is 0 Å². The van der Waals surface area contributed by atoms with Gasteiger partial charge in [0.25, 0.3) is 0 Å². The smallest absolute Gasteiger partial charge is 0.418 e. The second-order valence-electron chi connectivity index (χ2n) is 7.28. The van der Waals surface area contributed by atoms with Crippen molar-refractivity contribution in [3.63, 3.8) is 0 Å². The summed E-state index contributed by atoms with van der Waals surface area (Å²) < 4.78 is 45.6. The number of hydrogen-bond acceptors (Lipinski definition) is 3. The van der Waals surface area contributed by atoms with Crippen LogP contribution in [0.5, 0.6) is 0 Å². The Hall–Kier alpha value is -3.00. The Morgan fingerprint density at radius 3 is 2.29 bits per heavy atom. The Balaban J connectivity index is 1.82. The van der Waals surface area contributed by atoms with Crippen LogP contribution in [-0.2, 0) is 17.4 Å². The quantitative estimate of drug-likeness (QED) is 0.278. The molecule has 34 heavy (non-hydrogen) atoms. The lowest BCUT2D eigenvalue weighted by Gasteiger charge is -2.15. The van der Waals surface area contributed by atoms with Gasteiger partial charge in [0.05, 0.1) is 33.3 Å². The van der Waals surface area contributed by atoms with Crippen LogP contribution in [0.3, 0.4) is 0 Å². The molecule has 0 fully saturated rings. The maximum Gasteiger partial charge on any atom is 0.418 e. The summed E-state index contributed by atoms with van der Waals surface area (Å²) in [6, 6.07) is 14.6. The van der Waals surface area contributed by atoms with Crippen LogP contribution in [0.15, 0.2) is 69.9 Å². The third kappa shape index (κ3) is 4.92. The zero-order valence-corrected chi connectivity index (χ0v) is 19.2. The zero-order chi connectivity index (χ0) is 24.6. The van der Waals surface area contributed by atoms with E-state index in [9.17, 15) is 22.8 Å². The van der Waals surface area contributed by atoms with E-state index < -0.39 is 35.4 Å². The summed E-state index contributed by atoms with van der Waals surface area (Å²) in [7, 11) is 0. The fourth-order valence-electron chi connectivity index (χ4n) is 3.54. The van der Waals surface area contributed by atoms with E-state index in [1.54, 1.807) is 30.3 Å². The molecule has 1 heterocycles. The highest BCUT2D eigenvalue weighted by atomic mass is 35.5. The Kier molecular flexibility index (Phi) is 6.62. The average molecular weight is 527 g/mol. The Morgan fingerprint density at radius 2 is 1.62 bits per heavy atom. The SMILES string of the molecule is O=C(Cc1c(-c2ccccc2)c2cc(Cl)c(Cl)cc2oc1=O)Nc1ccc(Cl)cc1C(F)(F)F. The lowest BCUT2D eigenvalue weighted by molar-refractivity contribution is -0.137.